The summed E-state index contributed by atoms with van der Waals surface area (Å²) >= 11 is 0. The van der Waals surface area contributed by atoms with Gasteiger partial charge < -0.3 is 19.4 Å². The van der Waals surface area contributed by atoms with Crippen molar-refractivity contribution in [3.8, 4) is 33.5 Å². The fraction of sp³-hybridized carbons (Fsp3) is 0.439. The van der Waals surface area contributed by atoms with E-state index in [1.165, 1.54) is 0 Å². The first-order chi connectivity index (χ1) is 24.6. The summed E-state index contributed by atoms with van der Waals surface area (Å²) in [5, 5.41) is 0. The molecule has 0 spiro atoms. The molecule has 5 heterocycles. The molecule has 0 radical (unpaired) electrons. The summed E-state index contributed by atoms with van der Waals surface area (Å²) in [6, 6.07) is 18.6. The highest BCUT2D eigenvalue weighted by Crippen LogP contribution is 2.38. The van der Waals surface area contributed by atoms with Crippen LogP contribution in [0.5, 0.6) is 0 Å². The quantitative estimate of drug-likeness (QED) is 0.187. The van der Waals surface area contributed by atoms with Gasteiger partial charge in [-0.1, -0.05) is 62.4 Å². The Kier molecular flexibility index (Phi) is 9.09. The van der Waals surface area contributed by atoms with Gasteiger partial charge in [0.2, 0.25) is 0 Å². The monoisotopic (exact) mass is 703 g/mol. The lowest BCUT2D eigenvalue weighted by molar-refractivity contribution is 0.0204. The number of hydrogen-bond acceptors (Lipinski definition) is 7. The molecule has 5 aromatic rings. The van der Waals surface area contributed by atoms with Crippen LogP contribution in [0.15, 0.2) is 67.0 Å². The molecule has 272 valence electrons. The van der Waals surface area contributed by atoms with E-state index >= 15 is 0 Å². The molecule has 7 rings (SSSR count). The van der Waals surface area contributed by atoms with Gasteiger partial charge in [-0.3, -0.25) is 9.80 Å². The van der Waals surface area contributed by atoms with Crippen molar-refractivity contribution in [3.63, 3.8) is 0 Å². The maximum atomic E-state index is 13.0. The summed E-state index contributed by atoms with van der Waals surface area (Å²) in [6.07, 6.45) is 4.72. The molecular weight excluding hydrogens is 654 g/mol. The lowest BCUT2D eigenvalue weighted by Gasteiger charge is -2.27. The van der Waals surface area contributed by atoms with Crippen molar-refractivity contribution in [1.29, 1.82) is 0 Å². The molecule has 3 aromatic heterocycles. The second kappa shape index (κ2) is 13.4. The van der Waals surface area contributed by atoms with E-state index in [0.29, 0.717) is 30.6 Å². The molecular formula is C41H49N7O4. The number of likely N-dealkylation sites (tertiary alicyclic amines) is 2. The Morgan fingerprint density at radius 1 is 0.654 bits per heavy atom. The standard InChI is InChI=1S/C41H49N7O4/c1-24-17-33(47(22-24)38(49)51-40(3,4)5)36-43-21-32(45-36)29-15-13-27(14-16-29)26-9-11-28(12-10-26)30-19-31-35(42-20-30)46-37(44-31)34-18-25(2)23-48(34)39(50)52-41(6,7)8/h9-16,19-21,24-25,33-34H,17-18,22-23H2,1-8H3,(H,43,45)(H,42,44,46)/t24-,25-,33-,34-/m0/s1. The van der Waals surface area contributed by atoms with Crippen LogP contribution in [0.25, 0.3) is 44.7 Å². The number of pyridine rings is 1. The Morgan fingerprint density at radius 3 is 1.65 bits per heavy atom. The molecule has 52 heavy (non-hydrogen) atoms. The van der Waals surface area contributed by atoms with Crippen molar-refractivity contribution in [1.82, 2.24) is 34.7 Å². The van der Waals surface area contributed by atoms with E-state index in [1.54, 1.807) is 9.80 Å². The predicted octanol–water partition coefficient (Wildman–Crippen LogP) is 9.32. The number of aromatic nitrogens is 5. The summed E-state index contributed by atoms with van der Waals surface area (Å²) in [4.78, 5) is 50.6. The van der Waals surface area contributed by atoms with Crippen molar-refractivity contribution >= 4 is 23.4 Å². The van der Waals surface area contributed by atoms with Crippen LogP contribution < -0.4 is 0 Å². The number of carbonyl (C=O) groups excluding carboxylic acids is 2. The van der Waals surface area contributed by atoms with E-state index in [1.807, 2.05) is 53.9 Å². The SMILES string of the molecule is C[C@H]1C[C@@H](c2ncc(-c3ccc(-c4ccc(-c5cnc6nc([C@@H]7C[C@H](C)CN7C(=O)OC(C)(C)C)[nH]c6c5)cc4)cc3)[nH]2)N(C(=O)OC(C)(C)C)C1. The molecule has 0 unspecified atom stereocenters. The van der Waals surface area contributed by atoms with Crippen LogP contribution >= 0.6 is 0 Å². The van der Waals surface area contributed by atoms with Crippen LogP contribution in [0.3, 0.4) is 0 Å². The minimum Gasteiger partial charge on any atom is -0.444 e. The smallest absolute Gasteiger partial charge is 0.410 e. The molecule has 2 fully saturated rings. The zero-order valence-corrected chi connectivity index (χ0v) is 31.4. The van der Waals surface area contributed by atoms with Crippen molar-refractivity contribution in [2.24, 2.45) is 11.8 Å². The maximum Gasteiger partial charge on any atom is 0.410 e. The number of ether oxygens (including phenoxy) is 2. The Hall–Kier alpha value is -5.19. The third kappa shape index (κ3) is 7.54. The number of aromatic amines is 2. The molecule has 2 N–H and O–H groups in total. The Bertz CT molecular complexity index is 2070. The van der Waals surface area contributed by atoms with Gasteiger partial charge in [-0.25, -0.2) is 24.5 Å². The Morgan fingerprint density at radius 2 is 1.13 bits per heavy atom. The molecule has 2 saturated heterocycles. The average Bonchev–Trinajstić information content (AvgIpc) is 3.88. The normalized spacial score (nSPS) is 20.8. The van der Waals surface area contributed by atoms with Crippen LogP contribution in [0.2, 0.25) is 0 Å². The Labute approximate surface area is 305 Å². The number of carbonyl (C=O) groups is 2. The Balaban J connectivity index is 1.04. The first kappa shape index (κ1) is 35.2. The molecule has 11 heteroatoms. The lowest BCUT2D eigenvalue weighted by Crippen LogP contribution is -2.37. The highest BCUT2D eigenvalue weighted by molar-refractivity contribution is 5.80. The second-order valence-electron chi connectivity index (χ2n) is 16.5. The minimum atomic E-state index is -0.564. The largest absolute Gasteiger partial charge is 0.444 e. The van der Waals surface area contributed by atoms with Crippen molar-refractivity contribution in [2.45, 2.75) is 91.5 Å². The highest BCUT2D eigenvalue weighted by Gasteiger charge is 2.39. The van der Waals surface area contributed by atoms with E-state index in [9.17, 15) is 9.59 Å². The van der Waals surface area contributed by atoms with Gasteiger partial charge in [-0.2, -0.15) is 0 Å². The second-order valence-corrected chi connectivity index (χ2v) is 16.5. The van der Waals surface area contributed by atoms with Gasteiger partial charge in [0.05, 0.1) is 29.5 Å². The molecule has 2 aliphatic rings. The summed E-state index contributed by atoms with van der Waals surface area (Å²) < 4.78 is 11.4. The number of nitrogens with zero attached hydrogens (tertiary/aromatic N) is 5. The number of H-pyrrole nitrogens is 2. The lowest BCUT2D eigenvalue weighted by atomic mass is 10.00. The third-order valence-corrected chi connectivity index (χ3v) is 9.61. The number of fused-ring (bicyclic) bond motifs is 1. The van der Waals surface area contributed by atoms with Gasteiger partial charge in [-0.05, 0) is 94.5 Å². The third-order valence-electron chi connectivity index (χ3n) is 9.61. The molecule has 11 nitrogen and oxygen atoms in total. The first-order valence-corrected chi connectivity index (χ1v) is 18.2. The van der Waals surface area contributed by atoms with E-state index < -0.39 is 11.2 Å². The molecule has 0 aliphatic carbocycles. The highest BCUT2D eigenvalue weighted by atomic mass is 16.6. The van der Waals surface area contributed by atoms with E-state index in [-0.39, 0.29) is 24.3 Å². The van der Waals surface area contributed by atoms with Gasteiger partial charge in [0, 0.05) is 24.8 Å². The van der Waals surface area contributed by atoms with Crippen LogP contribution in [0, 0.1) is 11.8 Å². The van der Waals surface area contributed by atoms with Crippen LogP contribution in [-0.2, 0) is 9.47 Å². The van der Waals surface area contributed by atoms with E-state index in [2.05, 4.69) is 88.4 Å². The minimum absolute atomic E-state index is 0.145. The number of hydrogen-bond donors (Lipinski definition) is 2. The number of imidazole rings is 2. The number of amides is 2. The van der Waals surface area contributed by atoms with Crippen LogP contribution in [0.4, 0.5) is 9.59 Å². The number of benzene rings is 2. The first-order valence-electron chi connectivity index (χ1n) is 18.2. The average molecular weight is 704 g/mol. The summed E-state index contributed by atoms with van der Waals surface area (Å²) in [7, 11) is 0. The fourth-order valence-electron chi connectivity index (χ4n) is 7.24. The molecule has 2 aromatic carbocycles. The van der Waals surface area contributed by atoms with Crippen LogP contribution in [-0.4, -0.2) is 71.2 Å². The van der Waals surface area contributed by atoms with Crippen molar-refractivity contribution < 1.29 is 19.1 Å². The number of rotatable bonds is 5. The molecule has 2 aliphatic heterocycles. The molecule has 4 atom stereocenters. The maximum absolute atomic E-state index is 13.0. The topological polar surface area (TPSA) is 129 Å². The number of nitrogens with one attached hydrogen (secondary N) is 2. The van der Waals surface area contributed by atoms with Gasteiger partial charge in [0.15, 0.2) is 5.65 Å². The fourth-order valence-corrected chi connectivity index (χ4v) is 7.24. The van der Waals surface area contributed by atoms with Gasteiger partial charge in [-0.15, -0.1) is 0 Å². The van der Waals surface area contributed by atoms with Gasteiger partial charge >= 0.3 is 12.2 Å². The van der Waals surface area contributed by atoms with E-state index in [4.69, 9.17) is 14.5 Å². The van der Waals surface area contributed by atoms with Crippen molar-refractivity contribution in [3.05, 3.63) is 78.6 Å². The van der Waals surface area contributed by atoms with Gasteiger partial charge in [0.25, 0.3) is 0 Å². The van der Waals surface area contributed by atoms with Crippen molar-refractivity contribution in [2.75, 3.05) is 13.1 Å². The van der Waals surface area contributed by atoms with Gasteiger partial charge in [0.1, 0.15) is 22.9 Å². The predicted molar refractivity (Wildman–Crippen MR) is 201 cm³/mol. The molecule has 2 amide bonds. The summed E-state index contributed by atoms with van der Waals surface area (Å²) in [5.41, 5.74) is 6.49. The van der Waals surface area contributed by atoms with Crippen LogP contribution in [0.1, 0.15) is 92.0 Å². The van der Waals surface area contributed by atoms with E-state index in [0.717, 1.165) is 63.5 Å². The summed E-state index contributed by atoms with van der Waals surface area (Å²) in [5.74, 6) is 2.21. The molecule has 0 bridgehead atoms. The molecule has 0 saturated carbocycles. The zero-order valence-electron chi connectivity index (χ0n) is 31.4. The summed E-state index contributed by atoms with van der Waals surface area (Å²) in [6.45, 7) is 16.9. The zero-order chi connectivity index (χ0) is 36.9.